The van der Waals surface area contributed by atoms with Gasteiger partial charge in [-0.1, -0.05) is 37.3 Å². The van der Waals surface area contributed by atoms with Crippen LogP contribution >= 0.6 is 0 Å². The second-order valence-corrected chi connectivity index (χ2v) is 3.08. The Morgan fingerprint density at radius 2 is 1.92 bits per heavy atom. The van der Waals surface area contributed by atoms with Crippen molar-refractivity contribution in [2.75, 3.05) is 0 Å². The van der Waals surface area contributed by atoms with Crippen LogP contribution in [0, 0.1) is 6.42 Å². The molecule has 1 unspecified atom stereocenters. The van der Waals surface area contributed by atoms with E-state index in [2.05, 4.69) is 0 Å². The van der Waals surface area contributed by atoms with Gasteiger partial charge in [-0.05, 0) is 18.9 Å². The summed E-state index contributed by atoms with van der Waals surface area (Å²) < 4.78 is 0. The Labute approximate surface area is 78.8 Å². The van der Waals surface area contributed by atoms with Crippen LogP contribution in [0.5, 0.6) is 0 Å². The Balaban J connectivity index is 3.11. The van der Waals surface area contributed by atoms with Crippen LogP contribution in [0.4, 0.5) is 0 Å². The van der Waals surface area contributed by atoms with E-state index in [9.17, 15) is 4.79 Å². The molecule has 0 aliphatic carbocycles. The van der Waals surface area contributed by atoms with Gasteiger partial charge in [0.15, 0.2) is 5.78 Å². The van der Waals surface area contributed by atoms with Crippen LogP contribution in [0.2, 0.25) is 0 Å². The van der Waals surface area contributed by atoms with Crippen LogP contribution in [-0.4, -0.2) is 5.78 Å². The maximum atomic E-state index is 11.3. The Kier molecular flexibility index (Phi) is 2.83. The fourth-order valence-corrected chi connectivity index (χ4v) is 1.29. The summed E-state index contributed by atoms with van der Waals surface area (Å²) in [4.78, 5) is 11.3. The molecule has 1 radical (unpaired) electrons. The van der Waals surface area contributed by atoms with E-state index in [0.717, 1.165) is 5.56 Å². The molecule has 0 amide bonds. The highest BCUT2D eigenvalue weighted by Gasteiger charge is 2.30. The minimum atomic E-state index is -0.929. The molecule has 0 aliphatic heterocycles. The lowest BCUT2D eigenvalue weighted by atomic mass is 9.85. The summed E-state index contributed by atoms with van der Waals surface area (Å²) in [7, 11) is 0. The molecule has 1 aromatic rings. The zero-order valence-corrected chi connectivity index (χ0v) is 7.95. The smallest absolute Gasteiger partial charge is 0.154 e. The van der Waals surface area contributed by atoms with Crippen LogP contribution < -0.4 is 5.73 Å². The number of carbonyl (C=O) groups is 1. The number of nitrogens with two attached hydrogens (primary N) is 1. The van der Waals surface area contributed by atoms with Crippen molar-refractivity contribution in [3.8, 4) is 0 Å². The van der Waals surface area contributed by atoms with E-state index in [1.807, 2.05) is 30.3 Å². The zero-order valence-electron chi connectivity index (χ0n) is 7.95. The summed E-state index contributed by atoms with van der Waals surface area (Å²) >= 11 is 0. The van der Waals surface area contributed by atoms with Crippen molar-refractivity contribution >= 4 is 5.78 Å². The van der Waals surface area contributed by atoms with E-state index in [4.69, 9.17) is 5.73 Å². The first-order chi connectivity index (χ1) is 6.11. The molecule has 0 fully saturated rings. The van der Waals surface area contributed by atoms with E-state index < -0.39 is 5.54 Å². The summed E-state index contributed by atoms with van der Waals surface area (Å²) in [5.74, 6) is -0.0406. The molecule has 13 heavy (non-hydrogen) atoms. The summed E-state index contributed by atoms with van der Waals surface area (Å²) in [5.41, 5.74) is 5.86. The number of rotatable bonds is 3. The molecule has 0 saturated heterocycles. The monoisotopic (exact) mass is 176 g/mol. The average Bonchev–Trinajstić information content (AvgIpc) is 2.17. The first kappa shape index (κ1) is 9.93. The second-order valence-electron chi connectivity index (χ2n) is 3.08. The largest absolute Gasteiger partial charge is 0.315 e. The van der Waals surface area contributed by atoms with Gasteiger partial charge in [0.25, 0.3) is 0 Å². The predicted molar refractivity (Wildman–Crippen MR) is 53.0 cm³/mol. The predicted octanol–water partition coefficient (Wildman–Crippen LogP) is 1.65. The SMILES string of the molecule is C[CH]C(N)(C(C)=O)c1ccccc1. The molecule has 69 valence electrons. The highest BCUT2D eigenvalue weighted by molar-refractivity contribution is 5.88. The molecule has 2 heteroatoms. The molecule has 1 atom stereocenters. The fraction of sp³-hybridized carbons (Fsp3) is 0.273. The van der Waals surface area contributed by atoms with Crippen molar-refractivity contribution in [3.63, 3.8) is 0 Å². The van der Waals surface area contributed by atoms with E-state index in [1.54, 1.807) is 13.3 Å². The first-order valence-corrected chi connectivity index (χ1v) is 4.27. The number of Topliss-reactive ketones (excluding diaryl/α,β-unsaturated/α-hetero) is 1. The summed E-state index contributed by atoms with van der Waals surface area (Å²) in [5, 5.41) is 0. The van der Waals surface area contributed by atoms with Crippen LogP contribution in [0.15, 0.2) is 30.3 Å². The van der Waals surface area contributed by atoms with E-state index in [-0.39, 0.29) is 5.78 Å². The van der Waals surface area contributed by atoms with E-state index in [0.29, 0.717) is 0 Å². The van der Waals surface area contributed by atoms with Gasteiger partial charge in [0, 0.05) is 0 Å². The lowest BCUT2D eigenvalue weighted by molar-refractivity contribution is -0.121. The molecular formula is C11H14NO. The van der Waals surface area contributed by atoms with Gasteiger partial charge in [0.1, 0.15) is 5.54 Å². The van der Waals surface area contributed by atoms with Crippen molar-refractivity contribution in [1.82, 2.24) is 0 Å². The highest BCUT2D eigenvalue weighted by atomic mass is 16.1. The van der Waals surface area contributed by atoms with Gasteiger partial charge in [0.2, 0.25) is 0 Å². The quantitative estimate of drug-likeness (QED) is 0.761. The number of hydrogen-bond acceptors (Lipinski definition) is 2. The maximum Gasteiger partial charge on any atom is 0.154 e. The molecule has 0 aliphatic rings. The summed E-state index contributed by atoms with van der Waals surface area (Å²) in [6.07, 6.45) is 1.73. The third-order valence-corrected chi connectivity index (χ3v) is 2.29. The standard InChI is InChI=1S/C11H14NO/c1-3-11(12,9(2)13)10-7-5-4-6-8-10/h3-8H,12H2,1-2H3. The lowest BCUT2D eigenvalue weighted by Crippen LogP contribution is -2.43. The number of hydrogen-bond donors (Lipinski definition) is 1. The first-order valence-electron chi connectivity index (χ1n) is 4.27. The van der Waals surface area contributed by atoms with Crippen molar-refractivity contribution in [3.05, 3.63) is 42.3 Å². The molecule has 0 heterocycles. The zero-order chi connectivity index (χ0) is 9.90. The molecule has 2 N–H and O–H groups in total. The van der Waals surface area contributed by atoms with Crippen LogP contribution in [0.3, 0.4) is 0 Å². The maximum absolute atomic E-state index is 11.3. The number of carbonyl (C=O) groups excluding carboxylic acids is 1. The molecule has 2 nitrogen and oxygen atoms in total. The topological polar surface area (TPSA) is 43.1 Å². The Hall–Kier alpha value is -1.15. The highest BCUT2D eigenvalue weighted by Crippen LogP contribution is 2.21. The summed E-state index contributed by atoms with van der Waals surface area (Å²) in [6, 6.07) is 9.38. The van der Waals surface area contributed by atoms with Crippen molar-refractivity contribution in [2.24, 2.45) is 5.73 Å². The molecule has 1 aromatic carbocycles. The fourth-order valence-electron chi connectivity index (χ4n) is 1.29. The molecule has 0 saturated carbocycles. The van der Waals surface area contributed by atoms with Gasteiger partial charge < -0.3 is 5.73 Å². The van der Waals surface area contributed by atoms with Gasteiger partial charge in [0.05, 0.1) is 0 Å². The van der Waals surface area contributed by atoms with Crippen LogP contribution in [-0.2, 0) is 10.3 Å². The Morgan fingerprint density at radius 1 is 1.38 bits per heavy atom. The minimum Gasteiger partial charge on any atom is -0.315 e. The van der Waals surface area contributed by atoms with Gasteiger partial charge in [-0.2, -0.15) is 0 Å². The minimum absolute atomic E-state index is 0.0406. The number of benzene rings is 1. The van der Waals surface area contributed by atoms with Crippen molar-refractivity contribution in [2.45, 2.75) is 19.4 Å². The van der Waals surface area contributed by atoms with Crippen molar-refractivity contribution in [1.29, 1.82) is 0 Å². The third kappa shape index (κ3) is 1.78. The van der Waals surface area contributed by atoms with Gasteiger partial charge >= 0.3 is 0 Å². The molecule has 0 spiro atoms. The Morgan fingerprint density at radius 3 is 2.31 bits per heavy atom. The van der Waals surface area contributed by atoms with Gasteiger partial charge in [-0.3, -0.25) is 4.79 Å². The van der Waals surface area contributed by atoms with Crippen molar-refractivity contribution < 1.29 is 4.79 Å². The molecule has 0 aromatic heterocycles. The lowest BCUT2D eigenvalue weighted by Gasteiger charge is -2.24. The van der Waals surface area contributed by atoms with E-state index >= 15 is 0 Å². The summed E-state index contributed by atoms with van der Waals surface area (Å²) in [6.45, 7) is 3.31. The third-order valence-electron chi connectivity index (χ3n) is 2.29. The molecule has 1 rings (SSSR count). The van der Waals surface area contributed by atoms with Crippen LogP contribution in [0.1, 0.15) is 19.4 Å². The second kappa shape index (κ2) is 3.71. The van der Waals surface area contributed by atoms with E-state index in [1.165, 1.54) is 6.92 Å². The number of ketones is 1. The van der Waals surface area contributed by atoms with Gasteiger partial charge in [-0.25, -0.2) is 0 Å². The normalized spacial score (nSPS) is 15.0. The van der Waals surface area contributed by atoms with Gasteiger partial charge in [-0.15, -0.1) is 0 Å². The molecular weight excluding hydrogens is 162 g/mol. The Bertz CT molecular complexity index is 294. The van der Waals surface area contributed by atoms with Crippen LogP contribution in [0.25, 0.3) is 0 Å². The molecule has 0 bridgehead atoms. The average molecular weight is 176 g/mol.